The van der Waals surface area contributed by atoms with Gasteiger partial charge in [0.2, 0.25) is 0 Å². The van der Waals surface area contributed by atoms with Gasteiger partial charge in [-0.3, -0.25) is 9.69 Å². The Labute approximate surface area is 155 Å². The van der Waals surface area contributed by atoms with E-state index < -0.39 is 0 Å². The van der Waals surface area contributed by atoms with Crippen molar-refractivity contribution in [3.8, 4) is 0 Å². The summed E-state index contributed by atoms with van der Waals surface area (Å²) < 4.78 is 5.35. The summed E-state index contributed by atoms with van der Waals surface area (Å²) in [6, 6.07) is 12.7. The van der Waals surface area contributed by atoms with Crippen LogP contribution in [-0.4, -0.2) is 47.0 Å². The largest absolute Gasteiger partial charge is 0.360 e. The third kappa shape index (κ3) is 3.68. The lowest BCUT2D eigenvalue weighted by Crippen LogP contribution is -2.50. The molecule has 0 unspecified atom stereocenters. The first-order valence-corrected chi connectivity index (χ1v) is 9.62. The van der Waals surface area contributed by atoms with Crippen LogP contribution < -0.4 is 0 Å². The van der Waals surface area contributed by atoms with E-state index in [1.807, 2.05) is 18.0 Å². The molecule has 0 radical (unpaired) electrons. The van der Waals surface area contributed by atoms with Crippen LogP contribution in [0, 0.1) is 5.92 Å². The number of hydrogen-bond acceptors (Lipinski definition) is 4. The summed E-state index contributed by atoms with van der Waals surface area (Å²) in [5.41, 5.74) is 1.80. The predicted molar refractivity (Wildman–Crippen MR) is 99.9 cm³/mol. The van der Waals surface area contributed by atoms with Crippen molar-refractivity contribution in [1.29, 1.82) is 0 Å². The minimum atomic E-state index is -0.0194. The average molecular weight is 353 g/mol. The number of rotatable bonds is 5. The fraction of sp³-hybridized carbons (Fsp3) is 0.524. The van der Waals surface area contributed by atoms with Crippen LogP contribution in [0.5, 0.6) is 0 Å². The number of aromatic nitrogens is 1. The molecule has 1 saturated heterocycles. The number of carbonyl (C=O) groups excluding carboxylic acids is 1. The van der Waals surface area contributed by atoms with Crippen molar-refractivity contribution in [1.82, 2.24) is 15.0 Å². The molecule has 26 heavy (non-hydrogen) atoms. The topological polar surface area (TPSA) is 49.6 Å². The zero-order valence-corrected chi connectivity index (χ0v) is 15.6. The maximum Gasteiger partial charge on any atom is 0.276 e. The van der Waals surface area contributed by atoms with Crippen LogP contribution in [0.4, 0.5) is 0 Å². The van der Waals surface area contributed by atoms with E-state index in [9.17, 15) is 4.79 Å². The Hall–Kier alpha value is -2.14. The second-order valence-electron chi connectivity index (χ2n) is 7.86. The number of piperidine rings is 1. The van der Waals surface area contributed by atoms with E-state index in [0.717, 1.165) is 44.7 Å². The van der Waals surface area contributed by atoms with E-state index in [-0.39, 0.29) is 11.9 Å². The Morgan fingerprint density at radius 1 is 1.27 bits per heavy atom. The fourth-order valence-corrected chi connectivity index (χ4v) is 4.06. The monoisotopic (exact) mass is 353 g/mol. The molecule has 5 nitrogen and oxygen atoms in total. The van der Waals surface area contributed by atoms with Crippen LogP contribution in [0.25, 0.3) is 0 Å². The van der Waals surface area contributed by atoms with Gasteiger partial charge in [0.15, 0.2) is 5.69 Å². The van der Waals surface area contributed by atoms with Crippen LogP contribution in [0.3, 0.4) is 0 Å². The third-order valence-electron chi connectivity index (χ3n) is 5.74. The van der Waals surface area contributed by atoms with E-state index in [1.54, 1.807) is 0 Å². The lowest BCUT2D eigenvalue weighted by molar-refractivity contribution is 0.0489. The fourth-order valence-electron chi connectivity index (χ4n) is 4.06. The normalized spacial score (nSPS) is 23.8. The van der Waals surface area contributed by atoms with Gasteiger partial charge >= 0.3 is 0 Å². The first-order valence-electron chi connectivity index (χ1n) is 9.62. The molecular formula is C21H27N3O2. The van der Waals surface area contributed by atoms with Crippen molar-refractivity contribution in [3.63, 3.8) is 0 Å². The molecule has 1 amide bonds. The highest BCUT2D eigenvalue weighted by molar-refractivity contribution is 5.92. The first-order chi connectivity index (χ1) is 12.6. The van der Waals surface area contributed by atoms with Crippen LogP contribution >= 0.6 is 0 Å². The molecule has 0 spiro atoms. The van der Waals surface area contributed by atoms with Gasteiger partial charge in [-0.1, -0.05) is 42.4 Å². The van der Waals surface area contributed by atoms with Gasteiger partial charge in [0.25, 0.3) is 5.91 Å². The van der Waals surface area contributed by atoms with E-state index in [0.29, 0.717) is 17.5 Å². The van der Waals surface area contributed by atoms with Crippen LogP contribution in [0.1, 0.15) is 53.9 Å². The van der Waals surface area contributed by atoms with Crippen molar-refractivity contribution in [2.45, 2.75) is 44.7 Å². The van der Waals surface area contributed by atoms with Gasteiger partial charge in [0, 0.05) is 44.7 Å². The molecule has 2 atom stereocenters. The lowest BCUT2D eigenvalue weighted by Gasteiger charge is -2.41. The minimum absolute atomic E-state index is 0.0194. The molecule has 2 aromatic rings. The van der Waals surface area contributed by atoms with Gasteiger partial charge in [0.05, 0.1) is 0 Å². The number of amides is 1. The van der Waals surface area contributed by atoms with Crippen LogP contribution in [-0.2, 0) is 6.54 Å². The first kappa shape index (κ1) is 17.3. The second kappa shape index (κ2) is 7.23. The number of nitrogens with zero attached hydrogens (tertiary/aromatic N) is 3. The highest BCUT2D eigenvalue weighted by Crippen LogP contribution is 2.40. The SMILES string of the molecule is C[C@@H]1CN(Cc2ccccc2)CC[C@@H]1N(C)C(=O)c1cc(C2CC2)on1. The summed E-state index contributed by atoms with van der Waals surface area (Å²) in [5.74, 6) is 1.76. The zero-order chi connectivity index (χ0) is 18.1. The van der Waals surface area contributed by atoms with Gasteiger partial charge in [-0.05, 0) is 30.7 Å². The summed E-state index contributed by atoms with van der Waals surface area (Å²) in [6.07, 6.45) is 3.29. The minimum Gasteiger partial charge on any atom is -0.360 e. The summed E-state index contributed by atoms with van der Waals surface area (Å²) in [7, 11) is 1.90. The molecule has 2 heterocycles. The highest BCUT2D eigenvalue weighted by Gasteiger charge is 2.34. The highest BCUT2D eigenvalue weighted by atomic mass is 16.5. The van der Waals surface area contributed by atoms with Gasteiger partial charge in [-0.15, -0.1) is 0 Å². The van der Waals surface area contributed by atoms with Crippen molar-refractivity contribution in [2.75, 3.05) is 20.1 Å². The molecule has 1 aliphatic heterocycles. The Bertz CT molecular complexity index is 754. The van der Waals surface area contributed by atoms with Crippen molar-refractivity contribution >= 4 is 5.91 Å². The van der Waals surface area contributed by atoms with Crippen molar-refractivity contribution < 1.29 is 9.32 Å². The Kier molecular flexibility index (Phi) is 4.81. The molecule has 0 bridgehead atoms. The molecular weight excluding hydrogens is 326 g/mol. The number of hydrogen-bond donors (Lipinski definition) is 0. The van der Waals surface area contributed by atoms with Crippen molar-refractivity contribution in [2.24, 2.45) is 5.92 Å². The number of benzene rings is 1. The predicted octanol–water partition coefficient (Wildman–Crippen LogP) is 3.53. The molecule has 1 saturated carbocycles. The van der Waals surface area contributed by atoms with Gasteiger partial charge < -0.3 is 9.42 Å². The van der Waals surface area contributed by atoms with Gasteiger partial charge in [0.1, 0.15) is 5.76 Å². The Morgan fingerprint density at radius 2 is 2.04 bits per heavy atom. The Balaban J connectivity index is 1.36. The van der Waals surface area contributed by atoms with Gasteiger partial charge in [-0.2, -0.15) is 0 Å². The van der Waals surface area contributed by atoms with E-state index in [1.165, 1.54) is 5.56 Å². The molecule has 2 aliphatic rings. The summed E-state index contributed by atoms with van der Waals surface area (Å²) >= 11 is 0. The molecule has 2 fully saturated rings. The van der Waals surface area contributed by atoms with E-state index >= 15 is 0 Å². The lowest BCUT2D eigenvalue weighted by atomic mass is 9.92. The van der Waals surface area contributed by atoms with Gasteiger partial charge in [-0.25, -0.2) is 0 Å². The summed E-state index contributed by atoms with van der Waals surface area (Å²) in [4.78, 5) is 17.2. The van der Waals surface area contributed by atoms with E-state index in [4.69, 9.17) is 4.52 Å². The smallest absolute Gasteiger partial charge is 0.276 e. The number of likely N-dealkylation sites (tertiary alicyclic amines) is 1. The zero-order valence-electron chi connectivity index (χ0n) is 15.6. The quantitative estimate of drug-likeness (QED) is 0.825. The number of carbonyl (C=O) groups is 1. The molecule has 138 valence electrons. The molecule has 1 aromatic heterocycles. The molecule has 0 N–H and O–H groups in total. The molecule has 1 aliphatic carbocycles. The average Bonchev–Trinajstić information content (AvgIpc) is 3.38. The molecule has 5 heteroatoms. The van der Waals surface area contributed by atoms with E-state index in [2.05, 4.69) is 47.3 Å². The summed E-state index contributed by atoms with van der Waals surface area (Å²) in [5, 5.41) is 4.01. The molecule has 1 aromatic carbocycles. The maximum absolute atomic E-state index is 12.8. The third-order valence-corrected chi connectivity index (χ3v) is 5.74. The van der Waals surface area contributed by atoms with Crippen molar-refractivity contribution in [3.05, 3.63) is 53.4 Å². The van der Waals surface area contributed by atoms with Crippen LogP contribution in [0.15, 0.2) is 40.9 Å². The standard InChI is InChI=1S/C21H27N3O2/c1-15-13-24(14-16-6-4-3-5-7-16)11-10-19(15)23(2)21(25)18-12-20(26-22-18)17-8-9-17/h3-7,12,15,17,19H,8-11,13-14H2,1-2H3/t15-,19+/m1/s1. The summed E-state index contributed by atoms with van der Waals surface area (Å²) in [6.45, 7) is 5.23. The molecule has 4 rings (SSSR count). The van der Waals surface area contributed by atoms with Crippen LogP contribution in [0.2, 0.25) is 0 Å². The Morgan fingerprint density at radius 3 is 2.73 bits per heavy atom. The maximum atomic E-state index is 12.8. The second-order valence-corrected chi connectivity index (χ2v) is 7.86.